The molecule has 0 saturated carbocycles. The van der Waals surface area contributed by atoms with Crippen LogP contribution in [-0.4, -0.2) is 53.0 Å². The van der Waals surface area contributed by atoms with Gasteiger partial charge < -0.3 is 24.5 Å². The highest BCUT2D eigenvalue weighted by atomic mass is 16.5. The summed E-state index contributed by atoms with van der Waals surface area (Å²) >= 11 is 0. The van der Waals surface area contributed by atoms with Crippen LogP contribution in [0.1, 0.15) is 36.1 Å². The molecule has 2 aliphatic heterocycles. The normalized spacial score (nSPS) is 21.6. The molecule has 0 radical (unpaired) electrons. The number of amides is 1. The first-order chi connectivity index (χ1) is 16.0. The number of nitrogens with zero attached hydrogens (tertiary/aromatic N) is 1. The Hall–Kier alpha value is -3.58. The van der Waals surface area contributed by atoms with Gasteiger partial charge in [-0.05, 0) is 43.2 Å². The fraction of sp³-hybridized carbons (Fsp3) is 0.308. The number of ether oxygens (including phenoxy) is 2. The van der Waals surface area contributed by atoms with Crippen molar-refractivity contribution in [1.82, 2.24) is 9.88 Å². The third-order valence-electron chi connectivity index (χ3n) is 6.37. The van der Waals surface area contributed by atoms with Crippen LogP contribution in [0.2, 0.25) is 0 Å². The second-order valence-corrected chi connectivity index (χ2v) is 8.58. The lowest BCUT2D eigenvalue weighted by Crippen LogP contribution is -2.31. The Balaban J connectivity index is 1.64. The number of fused-ring (bicyclic) bond motifs is 2. The lowest BCUT2D eigenvalue weighted by molar-refractivity contribution is -0.140. The topological polar surface area (TPSA) is 91.9 Å². The van der Waals surface area contributed by atoms with Gasteiger partial charge in [-0.3, -0.25) is 9.59 Å². The van der Waals surface area contributed by atoms with Crippen LogP contribution in [0, 0.1) is 0 Å². The van der Waals surface area contributed by atoms with E-state index in [9.17, 15) is 14.7 Å². The number of benzene rings is 2. The average molecular weight is 447 g/mol. The van der Waals surface area contributed by atoms with Gasteiger partial charge in [0.05, 0.1) is 11.6 Å². The number of para-hydroxylation sites is 1. The predicted octanol–water partition coefficient (Wildman–Crippen LogP) is 3.95. The monoisotopic (exact) mass is 446 g/mol. The Morgan fingerprint density at radius 1 is 1.24 bits per heavy atom. The molecular formula is C26H26N2O5. The van der Waals surface area contributed by atoms with E-state index in [-0.39, 0.29) is 17.4 Å². The van der Waals surface area contributed by atoms with Gasteiger partial charge in [0.25, 0.3) is 11.7 Å². The first kappa shape index (κ1) is 21.3. The summed E-state index contributed by atoms with van der Waals surface area (Å²) in [6.45, 7) is 2.80. The Kier molecular flexibility index (Phi) is 5.42. The Bertz CT molecular complexity index is 1270. The van der Waals surface area contributed by atoms with Crippen LogP contribution in [0.4, 0.5) is 0 Å². The molecule has 3 aromatic rings. The molecule has 1 saturated heterocycles. The highest BCUT2D eigenvalue weighted by molar-refractivity contribution is 6.46. The third kappa shape index (κ3) is 3.58. The molecule has 5 rings (SSSR count). The lowest BCUT2D eigenvalue weighted by Gasteiger charge is -2.24. The fourth-order valence-electron chi connectivity index (χ4n) is 4.86. The molecular weight excluding hydrogens is 420 g/mol. The maximum Gasteiger partial charge on any atom is 0.295 e. The van der Waals surface area contributed by atoms with Crippen molar-refractivity contribution in [2.24, 2.45) is 0 Å². The molecule has 0 bridgehead atoms. The van der Waals surface area contributed by atoms with Crippen molar-refractivity contribution in [3.63, 3.8) is 0 Å². The number of rotatable bonds is 6. The van der Waals surface area contributed by atoms with Crippen molar-refractivity contribution in [2.45, 2.75) is 31.9 Å². The highest BCUT2D eigenvalue weighted by Crippen LogP contribution is 2.42. The molecule has 1 aromatic heterocycles. The van der Waals surface area contributed by atoms with E-state index in [1.54, 1.807) is 18.1 Å². The zero-order chi connectivity index (χ0) is 23.1. The first-order valence-electron chi connectivity index (χ1n) is 11.1. The van der Waals surface area contributed by atoms with E-state index < -0.39 is 17.7 Å². The molecule has 0 aliphatic carbocycles. The van der Waals surface area contributed by atoms with E-state index in [0.717, 1.165) is 34.2 Å². The summed E-state index contributed by atoms with van der Waals surface area (Å²) in [6, 6.07) is 12.4. The molecule has 1 fully saturated rings. The summed E-state index contributed by atoms with van der Waals surface area (Å²) in [4.78, 5) is 31.1. The minimum absolute atomic E-state index is 0.0648. The second-order valence-electron chi connectivity index (χ2n) is 8.58. The van der Waals surface area contributed by atoms with Gasteiger partial charge in [-0.15, -0.1) is 0 Å². The quantitative estimate of drug-likeness (QED) is 0.259. The molecule has 1 amide bonds. The molecule has 7 heteroatoms. The molecule has 170 valence electrons. The summed E-state index contributed by atoms with van der Waals surface area (Å²) in [7, 11) is 1.60. The zero-order valence-corrected chi connectivity index (χ0v) is 18.6. The maximum absolute atomic E-state index is 13.2. The Labute approximate surface area is 191 Å². The van der Waals surface area contributed by atoms with Gasteiger partial charge in [0.2, 0.25) is 0 Å². The molecule has 33 heavy (non-hydrogen) atoms. The van der Waals surface area contributed by atoms with Gasteiger partial charge in [0.15, 0.2) is 0 Å². The van der Waals surface area contributed by atoms with Gasteiger partial charge in [-0.1, -0.05) is 18.2 Å². The molecule has 2 N–H and O–H groups in total. The number of aliphatic hydroxyl groups excluding tert-OH is 1. The zero-order valence-electron chi connectivity index (χ0n) is 18.6. The molecule has 0 spiro atoms. The largest absolute Gasteiger partial charge is 0.507 e. The Morgan fingerprint density at radius 2 is 2.06 bits per heavy atom. The molecule has 7 nitrogen and oxygen atoms in total. The number of hydrogen-bond acceptors (Lipinski definition) is 5. The van der Waals surface area contributed by atoms with Gasteiger partial charge >= 0.3 is 0 Å². The van der Waals surface area contributed by atoms with Crippen LogP contribution in [-0.2, 0) is 20.7 Å². The number of nitrogens with one attached hydrogen (secondary N) is 1. The van der Waals surface area contributed by atoms with Crippen LogP contribution >= 0.6 is 0 Å². The standard InChI is InChI=1S/C26H26N2O5/c1-15-12-17-13-16(8-9-21(17)33-15)24(29)22-23(19-14-27-20-7-4-3-6-18(19)20)28(10-5-11-32-2)26(31)25(22)30/h3-4,6-9,13-15,23,27,29H,5,10-12H2,1-2H3/b24-22+. The first-order valence-corrected chi connectivity index (χ1v) is 11.1. The summed E-state index contributed by atoms with van der Waals surface area (Å²) in [5.74, 6) is -0.668. The van der Waals surface area contributed by atoms with Crippen molar-refractivity contribution in [3.8, 4) is 5.75 Å². The molecule has 2 aromatic carbocycles. The number of likely N-dealkylation sites (tertiary alicyclic amines) is 1. The number of ketones is 1. The summed E-state index contributed by atoms with van der Waals surface area (Å²) in [6.07, 6.45) is 3.19. The average Bonchev–Trinajstić information content (AvgIpc) is 3.47. The highest BCUT2D eigenvalue weighted by Gasteiger charge is 2.46. The SMILES string of the molecule is COCCCN1C(=O)C(=O)/C(=C(/O)c2ccc3c(c2)CC(C)O3)C1c1c[nH]c2ccccc12. The maximum atomic E-state index is 13.2. The Morgan fingerprint density at radius 3 is 2.88 bits per heavy atom. The van der Waals surface area contributed by atoms with Crippen LogP contribution in [0.5, 0.6) is 5.75 Å². The van der Waals surface area contributed by atoms with E-state index in [2.05, 4.69) is 4.98 Å². The molecule has 2 aliphatic rings. The lowest BCUT2D eigenvalue weighted by atomic mass is 9.94. The van der Waals surface area contributed by atoms with Crippen LogP contribution in [0.3, 0.4) is 0 Å². The number of hydrogen-bond donors (Lipinski definition) is 2. The van der Waals surface area contributed by atoms with Crippen LogP contribution in [0.15, 0.2) is 54.2 Å². The number of Topliss-reactive ketones (excluding diaryl/α,β-unsaturated/α-hetero) is 1. The number of aliphatic hydroxyl groups is 1. The van der Waals surface area contributed by atoms with Crippen molar-refractivity contribution < 1.29 is 24.2 Å². The number of carbonyl (C=O) groups excluding carboxylic acids is 2. The number of H-pyrrole nitrogens is 1. The van der Waals surface area contributed by atoms with Crippen LogP contribution in [0.25, 0.3) is 16.7 Å². The van der Waals surface area contributed by atoms with E-state index in [1.807, 2.05) is 49.5 Å². The smallest absolute Gasteiger partial charge is 0.295 e. The predicted molar refractivity (Wildman–Crippen MR) is 124 cm³/mol. The summed E-state index contributed by atoms with van der Waals surface area (Å²) in [5, 5.41) is 12.2. The van der Waals surface area contributed by atoms with Crippen molar-refractivity contribution in [2.75, 3.05) is 20.3 Å². The van der Waals surface area contributed by atoms with Crippen molar-refractivity contribution in [3.05, 3.63) is 70.9 Å². The summed E-state index contributed by atoms with van der Waals surface area (Å²) in [5.41, 5.74) is 3.27. The number of carbonyl (C=O) groups is 2. The van der Waals surface area contributed by atoms with Gasteiger partial charge in [-0.2, -0.15) is 0 Å². The number of methoxy groups -OCH3 is 1. The second kappa shape index (κ2) is 8.41. The molecule has 2 unspecified atom stereocenters. The van der Waals surface area contributed by atoms with E-state index in [0.29, 0.717) is 25.1 Å². The van der Waals surface area contributed by atoms with Gasteiger partial charge in [0, 0.05) is 54.9 Å². The fourth-order valence-corrected chi connectivity index (χ4v) is 4.86. The van der Waals surface area contributed by atoms with E-state index >= 15 is 0 Å². The molecule has 3 heterocycles. The number of aromatic amines is 1. The molecule has 2 atom stereocenters. The van der Waals surface area contributed by atoms with E-state index in [1.165, 1.54) is 0 Å². The van der Waals surface area contributed by atoms with E-state index in [4.69, 9.17) is 9.47 Å². The summed E-state index contributed by atoms with van der Waals surface area (Å²) < 4.78 is 10.9. The van der Waals surface area contributed by atoms with Crippen molar-refractivity contribution >= 4 is 28.4 Å². The third-order valence-corrected chi connectivity index (χ3v) is 6.37. The van der Waals surface area contributed by atoms with Crippen molar-refractivity contribution in [1.29, 1.82) is 0 Å². The number of aromatic nitrogens is 1. The van der Waals surface area contributed by atoms with Gasteiger partial charge in [-0.25, -0.2) is 0 Å². The minimum atomic E-state index is -0.693. The van der Waals surface area contributed by atoms with Gasteiger partial charge in [0.1, 0.15) is 17.6 Å². The minimum Gasteiger partial charge on any atom is -0.507 e. The van der Waals surface area contributed by atoms with Crippen LogP contribution < -0.4 is 4.74 Å².